The number of para-hydroxylation sites is 1. The van der Waals surface area contributed by atoms with Crippen LogP contribution in [-0.2, 0) is 4.74 Å². The Hall–Kier alpha value is -0.901. The number of hydrogen-bond acceptors (Lipinski definition) is 3. The van der Waals surface area contributed by atoms with Crippen LogP contribution in [0.3, 0.4) is 0 Å². The van der Waals surface area contributed by atoms with Gasteiger partial charge in [-0.3, -0.25) is 0 Å². The molecule has 1 aromatic rings. The summed E-state index contributed by atoms with van der Waals surface area (Å²) in [6.07, 6.45) is 7.03. The van der Waals surface area contributed by atoms with Crippen molar-refractivity contribution in [2.45, 2.75) is 82.7 Å². The number of ether oxygens (including phenoxy) is 1. The van der Waals surface area contributed by atoms with Crippen LogP contribution in [0.1, 0.15) is 66.2 Å². The Bertz CT molecular complexity index is 677. The number of rotatable bonds is 5. The monoisotopic (exact) mass is 425 g/mol. The molecule has 0 N–H and O–H groups in total. The van der Waals surface area contributed by atoms with Crippen LogP contribution in [0.4, 0.5) is 5.69 Å². The first-order chi connectivity index (χ1) is 12.2. The van der Waals surface area contributed by atoms with Gasteiger partial charge in [0.05, 0.1) is 0 Å². The minimum atomic E-state index is -0.258. The fraction of sp³-hybridized carbons (Fsp3) is 0.714. The van der Waals surface area contributed by atoms with Crippen LogP contribution < -0.4 is 4.46 Å². The van der Waals surface area contributed by atoms with E-state index in [1.165, 1.54) is 19.3 Å². The number of hydrogen-bond donors (Lipinski definition) is 0. The molecule has 26 heavy (non-hydrogen) atoms. The van der Waals surface area contributed by atoms with Gasteiger partial charge in [-0.15, -0.1) is 0 Å². The molecule has 1 saturated heterocycles. The summed E-state index contributed by atoms with van der Waals surface area (Å²) in [6, 6.07) is 7.17. The van der Waals surface area contributed by atoms with Crippen molar-refractivity contribution in [1.29, 1.82) is 0 Å². The van der Waals surface area contributed by atoms with Crippen LogP contribution in [0.5, 0.6) is 0 Å². The number of nitro benzene ring substituents is 1. The van der Waals surface area contributed by atoms with Gasteiger partial charge in [0.25, 0.3) is 0 Å². The fourth-order valence-corrected chi connectivity index (χ4v) is 7.79. The van der Waals surface area contributed by atoms with Gasteiger partial charge in [0.1, 0.15) is 0 Å². The Morgan fingerprint density at radius 1 is 1.19 bits per heavy atom. The molecule has 1 aromatic carbocycles. The molecule has 1 aliphatic carbocycles. The molecular formula is C21H31NO3Se. The predicted molar refractivity (Wildman–Crippen MR) is 106 cm³/mol. The standard InChI is InChI=1S/C21H31NO3Se/c1-19(2)11-7-12-21(4)18(19)10-13-20(3,25-21)14-15-26-17-9-6-5-8-16(17)22(23)24/h5-6,8-9,18H,7,10-15H2,1-4H3/t18-,20+,21-/m1/s1. The van der Waals surface area contributed by atoms with Gasteiger partial charge >= 0.3 is 163 Å². The van der Waals surface area contributed by atoms with Crippen molar-refractivity contribution >= 4 is 25.1 Å². The summed E-state index contributed by atoms with van der Waals surface area (Å²) in [5, 5.41) is 12.2. The first-order valence-electron chi connectivity index (χ1n) is 9.72. The summed E-state index contributed by atoms with van der Waals surface area (Å²) in [5.41, 5.74) is 0.524. The van der Waals surface area contributed by atoms with Crippen LogP contribution in [-0.4, -0.2) is 31.1 Å². The number of benzene rings is 1. The van der Waals surface area contributed by atoms with Crippen LogP contribution >= 0.6 is 0 Å². The van der Waals surface area contributed by atoms with Crippen molar-refractivity contribution in [3.05, 3.63) is 34.4 Å². The average molecular weight is 424 g/mol. The van der Waals surface area contributed by atoms with Gasteiger partial charge in [0.15, 0.2) is 0 Å². The molecule has 0 radical (unpaired) electrons. The minimum absolute atomic E-state index is 0.0134. The molecule has 1 aliphatic heterocycles. The summed E-state index contributed by atoms with van der Waals surface area (Å²) in [7, 11) is 0. The predicted octanol–water partition coefficient (Wildman–Crippen LogP) is 4.89. The zero-order chi connectivity index (χ0) is 19.0. The third kappa shape index (κ3) is 4.00. The Kier molecular flexibility index (Phi) is 5.54. The zero-order valence-corrected chi connectivity index (χ0v) is 18.1. The molecule has 4 nitrogen and oxygen atoms in total. The molecule has 0 bridgehead atoms. The molecule has 1 saturated carbocycles. The van der Waals surface area contributed by atoms with Crippen molar-refractivity contribution in [3.63, 3.8) is 0 Å². The molecule has 5 heteroatoms. The first kappa shape index (κ1) is 19.8. The third-order valence-electron chi connectivity index (χ3n) is 6.57. The number of nitro groups is 1. The van der Waals surface area contributed by atoms with E-state index in [9.17, 15) is 10.1 Å². The molecule has 1 heterocycles. The Morgan fingerprint density at radius 2 is 1.92 bits per heavy atom. The first-order valence-corrected chi connectivity index (χ1v) is 11.8. The Balaban J connectivity index is 1.63. The van der Waals surface area contributed by atoms with E-state index in [4.69, 9.17) is 4.74 Å². The average Bonchev–Trinajstić information content (AvgIpc) is 2.53. The van der Waals surface area contributed by atoms with E-state index in [0.29, 0.717) is 11.3 Å². The second-order valence-corrected chi connectivity index (χ2v) is 11.5. The summed E-state index contributed by atoms with van der Waals surface area (Å²) in [6.45, 7) is 9.38. The molecule has 3 rings (SSSR count). The van der Waals surface area contributed by atoms with E-state index in [1.54, 1.807) is 12.1 Å². The van der Waals surface area contributed by atoms with Crippen LogP contribution in [0.15, 0.2) is 24.3 Å². The Morgan fingerprint density at radius 3 is 2.65 bits per heavy atom. The topological polar surface area (TPSA) is 52.4 Å². The second kappa shape index (κ2) is 7.26. The summed E-state index contributed by atoms with van der Waals surface area (Å²) in [4.78, 5) is 10.9. The molecule has 3 atom stereocenters. The Labute approximate surface area is 163 Å². The fourth-order valence-electron chi connectivity index (χ4n) is 5.23. The molecule has 0 spiro atoms. The summed E-state index contributed by atoms with van der Waals surface area (Å²) < 4.78 is 7.69. The number of nitrogens with zero attached hydrogens (tertiary/aromatic N) is 1. The molecule has 0 aromatic heterocycles. The molecule has 0 unspecified atom stereocenters. The van der Waals surface area contributed by atoms with Gasteiger partial charge in [0.2, 0.25) is 0 Å². The van der Waals surface area contributed by atoms with Crippen LogP contribution in [0.2, 0.25) is 5.32 Å². The van der Waals surface area contributed by atoms with Gasteiger partial charge in [-0.05, 0) is 0 Å². The number of fused-ring (bicyclic) bond motifs is 1. The molecular weight excluding hydrogens is 393 g/mol. The third-order valence-corrected chi connectivity index (χ3v) is 8.80. The van der Waals surface area contributed by atoms with E-state index in [2.05, 4.69) is 27.7 Å². The van der Waals surface area contributed by atoms with Gasteiger partial charge in [-0.1, -0.05) is 0 Å². The van der Waals surface area contributed by atoms with Crippen LogP contribution in [0, 0.1) is 21.4 Å². The zero-order valence-electron chi connectivity index (χ0n) is 16.4. The second-order valence-electron chi connectivity index (χ2n) is 9.12. The van der Waals surface area contributed by atoms with Gasteiger partial charge in [-0.25, -0.2) is 0 Å². The van der Waals surface area contributed by atoms with Crippen molar-refractivity contribution in [1.82, 2.24) is 0 Å². The molecule has 2 aliphatic rings. The van der Waals surface area contributed by atoms with Crippen LogP contribution in [0.25, 0.3) is 0 Å². The van der Waals surface area contributed by atoms with Crippen molar-refractivity contribution in [3.8, 4) is 0 Å². The van der Waals surface area contributed by atoms with Gasteiger partial charge in [-0.2, -0.15) is 0 Å². The maximum atomic E-state index is 11.2. The quantitative estimate of drug-likeness (QED) is 0.384. The summed E-state index contributed by atoms with van der Waals surface area (Å²) in [5.74, 6) is 0.637. The van der Waals surface area contributed by atoms with Gasteiger partial charge < -0.3 is 0 Å². The molecule has 144 valence electrons. The van der Waals surface area contributed by atoms with E-state index in [1.807, 2.05) is 12.1 Å². The van der Waals surface area contributed by atoms with E-state index < -0.39 is 0 Å². The van der Waals surface area contributed by atoms with Crippen molar-refractivity contribution in [2.24, 2.45) is 11.3 Å². The molecule has 0 amide bonds. The van der Waals surface area contributed by atoms with E-state index >= 15 is 0 Å². The van der Waals surface area contributed by atoms with Crippen molar-refractivity contribution in [2.75, 3.05) is 0 Å². The van der Waals surface area contributed by atoms with E-state index in [-0.39, 0.29) is 36.8 Å². The SMILES string of the molecule is CC1(C)CCC[C@@]2(C)O[C@](C)(CC[Se]c3ccccc3[N+](=O)[O-])CC[C@H]12. The maximum absolute atomic E-state index is 11.2. The normalized spacial score (nSPS) is 33.5. The summed E-state index contributed by atoms with van der Waals surface area (Å²) >= 11 is 0.111. The molecule has 2 fully saturated rings. The van der Waals surface area contributed by atoms with Crippen molar-refractivity contribution < 1.29 is 9.66 Å². The van der Waals surface area contributed by atoms with Gasteiger partial charge in [0, 0.05) is 0 Å². The van der Waals surface area contributed by atoms with E-state index in [0.717, 1.165) is 29.0 Å².